The standard InChI is InChI=1S/C26H29N3O5/c1-32-18-15-21(33-2)25(22(16-18)34-3)17-11-13-29(14-12-17)24(30)10-6-9-23-27-20-8-5-4-7-19(20)26(31)28-23/h4-5,7-8,11,15-16H,6,9-10,12-14H2,1-3H3,(H,27,28,31). The first-order valence-electron chi connectivity index (χ1n) is 11.3. The summed E-state index contributed by atoms with van der Waals surface area (Å²) >= 11 is 0. The maximum absolute atomic E-state index is 12.8. The molecule has 0 bridgehead atoms. The second-order valence-corrected chi connectivity index (χ2v) is 8.11. The largest absolute Gasteiger partial charge is 0.496 e. The van der Waals surface area contributed by atoms with Gasteiger partial charge in [-0.2, -0.15) is 0 Å². The molecule has 2 heterocycles. The van der Waals surface area contributed by atoms with Crippen LogP contribution in [-0.4, -0.2) is 55.2 Å². The van der Waals surface area contributed by atoms with E-state index >= 15 is 0 Å². The number of benzene rings is 2. The maximum atomic E-state index is 12.8. The molecule has 0 saturated heterocycles. The molecule has 3 aromatic rings. The summed E-state index contributed by atoms with van der Waals surface area (Å²) in [7, 11) is 4.84. The van der Waals surface area contributed by atoms with Crippen molar-refractivity contribution < 1.29 is 19.0 Å². The Morgan fingerprint density at radius 2 is 1.82 bits per heavy atom. The predicted octanol–water partition coefficient (Wildman–Crippen LogP) is 3.59. The number of H-pyrrole nitrogens is 1. The summed E-state index contributed by atoms with van der Waals surface area (Å²) in [6, 6.07) is 10.9. The van der Waals surface area contributed by atoms with E-state index in [9.17, 15) is 9.59 Å². The fraction of sp³-hybridized carbons (Fsp3) is 0.346. The third kappa shape index (κ3) is 4.90. The van der Waals surface area contributed by atoms with E-state index in [1.807, 2.05) is 35.2 Å². The molecule has 178 valence electrons. The first kappa shape index (κ1) is 23.4. The SMILES string of the molecule is COc1cc(OC)c(C2=CCN(C(=O)CCCc3nc4ccccc4c(=O)[nH]3)CC2)c(OC)c1. The van der Waals surface area contributed by atoms with Gasteiger partial charge in [0.15, 0.2) is 0 Å². The third-order valence-electron chi connectivity index (χ3n) is 6.06. The van der Waals surface area contributed by atoms with E-state index in [-0.39, 0.29) is 11.5 Å². The van der Waals surface area contributed by atoms with Crippen molar-refractivity contribution in [1.29, 1.82) is 0 Å². The lowest BCUT2D eigenvalue weighted by atomic mass is 9.97. The van der Waals surface area contributed by atoms with E-state index in [1.165, 1.54) is 0 Å². The van der Waals surface area contributed by atoms with Crippen LogP contribution in [0.25, 0.3) is 16.5 Å². The number of fused-ring (bicyclic) bond motifs is 1. The molecule has 0 atom stereocenters. The number of hydrogen-bond acceptors (Lipinski definition) is 6. The Labute approximate surface area is 198 Å². The third-order valence-corrected chi connectivity index (χ3v) is 6.06. The lowest BCUT2D eigenvalue weighted by molar-refractivity contribution is -0.130. The van der Waals surface area contributed by atoms with Crippen LogP contribution in [0.5, 0.6) is 17.2 Å². The number of nitrogens with zero attached hydrogens (tertiary/aromatic N) is 2. The fourth-order valence-electron chi connectivity index (χ4n) is 4.26. The van der Waals surface area contributed by atoms with Crippen LogP contribution in [0.4, 0.5) is 0 Å². The molecule has 1 aromatic heterocycles. The van der Waals surface area contributed by atoms with Gasteiger partial charge in [-0.05, 0) is 30.5 Å². The lowest BCUT2D eigenvalue weighted by Gasteiger charge is -2.28. The molecular weight excluding hydrogens is 434 g/mol. The molecule has 1 aliphatic rings. The number of methoxy groups -OCH3 is 3. The van der Waals surface area contributed by atoms with Gasteiger partial charge in [0.2, 0.25) is 5.91 Å². The van der Waals surface area contributed by atoms with Gasteiger partial charge in [-0.25, -0.2) is 4.98 Å². The van der Waals surface area contributed by atoms with Crippen molar-refractivity contribution in [3.8, 4) is 17.2 Å². The van der Waals surface area contributed by atoms with Crippen molar-refractivity contribution in [2.75, 3.05) is 34.4 Å². The normalized spacial score (nSPS) is 13.5. The average molecular weight is 464 g/mol. The minimum atomic E-state index is -0.148. The molecule has 8 heteroatoms. The molecular formula is C26H29N3O5. The van der Waals surface area contributed by atoms with Gasteiger partial charge >= 0.3 is 0 Å². The van der Waals surface area contributed by atoms with Crippen LogP contribution in [0.15, 0.2) is 47.3 Å². The Hall–Kier alpha value is -3.81. The molecule has 1 aliphatic heterocycles. The highest BCUT2D eigenvalue weighted by molar-refractivity contribution is 5.81. The summed E-state index contributed by atoms with van der Waals surface area (Å²) in [4.78, 5) is 34.2. The van der Waals surface area contributed by atoms with Crippen LogP contribution in [0.1, 0.15) is 30.7 Å². The van der Waals surface area contributed by atoms with Gasteiger partial charge in [-0.15, -0.1) is 0 Å². The van der Waals surface area contributed by atoms with Crippen molar-refractivity contribution in [3.63, 3.8) is 0 Å². The second kappa shape index (κ2) is 10.4. The molecule has 0 fully saturated rings. The summed E-state index contributed by atoms with van der Waals surface area (Å²) in [5.74, 6) is 2.72. The number of carbonyl (C=O) groups is 1. The van der Waals surface area contributed by atoms with Gasteiger partial charge < -0.3 is 24.1 Å². The van der Waals surface area contributed by atoms with E-state index in [1.54, 1.807) is 27.4 Å². The molecule has 4 rings (SSSR count). The number of para-hydroxylation sites is 1. The van der Waals surface area contributed by atoms with Crippen molar-refractivity contribution >= 4 is 22.4 Å². The first-order chi connectivity index (χ1) is 16.5. The Morgan fingerprint density at radius 1 is 1.09 bits per heavy atom. The van der Waals surface area contributed by atoms with Gasteiger partial charge in [-0.1, -0.05) is 18.2 Å². The van der Waals surface area contributed by atoms with Gasteiger partial charge in [0.1, 0.15) is 23.1 Å². The number of ether oxygens (including phenoxy) is 3. The number of aromatic amines is 1. The van der Waals surface area contributed by atoms with Crippen molar-refractivity contribution in [3.05, 3.63) is 64.2 Å². The second-order valence-electron chi connectivity index (χ2n) is 8.11. The molecule has 0 aliphatic carbocycles. The minimum Gasteiger partial charge on any atom is -0.496 e. The van der Waals surface area contributed by atoms with Crippen molar-refractivity contribution in [1.82, 2.24) is 14.9 Å². The number of nitrogens with one attached hydrogen (secondary N) is 1. The number of carbonyl (C=O) groups excluding carboxylic acids is 1. The van der Waals surface area contributed by atoms with Crippen LogP contribution in [0.3, 0.4) is 0 Å². The zero-order valence-corrected chi connectivity index (χ0v) is 19.7. The molecule has 34 heavy (non-hydrogen) atoms. The van der Waals surface area contributed by atoms with E-state index in [2.05, 4.69) is 16.0 Å². The van der Waals surface area contributed by atoms with E-state index in [0.29, 0.717) is 72.7 Å². The number of amides is 1. The van der Waals surface area contributed by atoms with Crippen LogP contribution in [-0.2, 0) is 11.2 Å². The highest BCUT2D eigenvalue weighted by atomic mass is 16.5. The Kier molecular flexibility index (Phi) is 7.15. The highest BCUT2D eigenvalue weighted by Crippen LogP contribution is 2.40. The molecule has 1 amide bonds. The molecule has 0 radical (unpaired) electrons. The quantitative estimate of drug-likeness (QED) is 0.549. The Morgan fingerprint density at radius 3 is 2.47 bits per heavy atom. The van der Waals surface area contributed by atoms with Gasteiger partial charge in [-0.3, -0.25) is 9.59 Å². The van der Waals surface area contributed by atoms with Crippen LogP contribution in [0, 0.1) is 0 Å². The zero-order chi connectivity index (χ0) is 24.1. The average Bonchev–Trinajstić information content (AvgIpc) is 2.87. The molecule has 0 spiro atoms. The van der Waals surface area contributed by atoms with E-state index in [0.717, 1.165) is 11.1 Å². The van der Waals surface area contributed by atoms with E-state index < -0.39 is 0 Å². The van der Waals surface area contributed by atoms with Crippen LogP contribution in [0.2, 0.25) is 0 Å². The van der Waals surface area contributed by atoms with E-state index in [4.69, 9.17) is 14.2 Å². The van der Waals surface area contributed by atoms with Gasteiger partial charge in [0.25, 0.3) is 5.56 Å². The van der Waals surface area contributed by atoms with Gasteiger partial charge in [0.05, 0.1) is 37.8 Å². The summed E-state index contributed by atoms with van der Waals surface area (Å²) in [5, 5.41) is 0.573. The molecule has 1 N–H and O–H groups in total. The maximum Gasteiger partial charge on any atom is 0.258 e. The first-order valence-corrected chi connectivity index (χ1v) is 11.3. The number of rotatable bonds is 8. The van der Waals surface area contributed by atoms with Gasteiger partial charge in [0, 0.05) is 38.1 Å². The Bertz CT molecular complexity index is 1260. The lowest BCUT2D eigenvalue weighted by Crippen LogP contribution is -2.34. The zero-order valence-electron chi connectivity index (χ0n) is 19.7. The topological polar surface area (TPSA) is 93.8 Å². The number of hydrogen-bond donors (Lipinski definition) is 1. The summed E-state index contributed by atoms with van der Waals surface area (Å²) in [6.07, 6.45) is 4.31. The van der Waals surface area contributed by atoms with Crippen molar-refractivity contribution in [2.45, 2.75) is 25.7 Å². The molecule has 8 nitrogen and oxygen atoms in total. The molecule has 2 aromatic carbocycles. The van der Waals surface area contributed by atoms with Crippen LogP contribution < -0.4 is 19.8 Å². The molecule has 0 saturated carbocycles. The minimum absolute atomic E-state index is 0.0899. The van der Waals surface area contributed by atoms with Crippen LogP contribution >= 0.6 is 0 Å². The monoisotopic (exact) mass is 463 g/mol. The Balaban J connectivity index is 1.38. The molecule has 0 unspecified atom stereocenters. The van der Waals surface area contributed by atoms with Crippen molar-refractivity contribution in [2.24, 2.45) is 0 Å². The fourth-order valence-corrected chi connectivity index (χ4v) is 4.26. The number of aryl methyl sites for hydroxylation is 1. The predicted molar refractivity (Wildman–Crippen MR) is 131 cm³/mol. The smallest absolute Gasteiger partial charge is 0.258 e. The summed E-state index contributed by atoms with van der Waals surface area (Å²) < 4.78 is 16.5. The number of aromatic nitrogens is 2. The highest BCUT2D eigenvalue weighted by Gasteiger charge is 2.23. The summed E-state index contributed by atoms with van der Waals surface area (Å²) in [6.45, 7) is 1.14. The summed E-state index contributed by atoms with van der Waals surface area (Å²) in [5.41, 5.74) is 2.50.